The minimum absolute atomic E-state index is 0.0477. The molecule has 0 amide bonds. The topological polar surface area (TPSA) is 83.2 Å². The van der Waals surface area contributed by atoms with E-state index in [9.17, 15) is 8.78 Å². The highest BCUT2D eigenvalue weighted by Crippen LogP contribution is 2.28. The Hall–Kier alpha value is -3.10. The second kappa shape index (κ2) is 6.99. The Balaban J connectivity index is 1.87. The summed E-state index contributed by atoms with van der Waals surface area (Å²) in [5, 5.41) is 3.89. The van der Waals surface area contributed by atoms with Gasteiger partial charge in [-0.2, -0.15) is 4.98 Å². The standard InChI is InChI=1S/C15H12F2N4O3/c1-22-15-10(3-2-5-19-15)13-20-14(24-21-13)9-4-6-18-12(7-9)23-8-11(16)17/h2-7,11H,8H2,1H3. The number of ether oxygens (including phenoxy) is 2. The van der Waals surface area contributed by atoms with Crippen LogP contribution in [0.3, 0.4) is 0 Å². The number of nitrogens with zero attached hydrogens (tertiary/aromatic N) is 4. The van der Waals surface area contributed by atoms with E-state index in [1.165, 1.54) is 19.4 Å². The fraction of sp³-hybridized carbons (Fsp3) is 0.200. The van der Waals surface area contributed by atoms with Gasteiger partial charge in [0, 0.05) is 24.0 Å². The fourth-order valence-electron chi connectivity index (χ4n) is 1.94. The second-order valence-corrected chi connectivity index (χ2v) is 4.57. The van der Waals surface area contributed by atoms with Crippen LogP contribution in [-0.2, 0) is 0 Å². The Morgan fingerprint density at radius 2 is 2.08 bits per heavy atom. The predicted molar refractivity (Wildman–Crippen MR) is 78.8 cm³/mol. The number of hydrogen-bond donors (Lipinski definition) is 0. The van der Waals surface area contributed by atoms with E-state index in [1.54, 1.807) is 24.4 Å². The third-order valence-corrected chi connectivity index (χ3v) is 2.97. The van der Waals surface area contributed by atoms with Gasteiger partial charge in [0.2, 0.25) is 17.6 Å². The zero-order valence-corrected chi connectivity index (χ0v) is 12.5. The summed E-state index contributed by atoms with van der Waals surface area (Å²) in [6.07, 6.45) is 0.409. The maximum Gasteiger partial charge on any atom is 0.272 e. The van der Waals surface area contributed by atoms with E-state index in [2.05, 4.69) is 20.1 Å². The molecule has 0 unspecified atom stereocenters. The molecule has 3 heterocycles. The van der Waals surface area contributed by atoms with Crippen molar-refractivity contribution in [2.75, 3.05) is 13.7 Å². The monoisotopic (exact) mass is 334 g/mol. The minimum Gasteiger partial charge on any atom is -0.480 e. The SMILES string of the molecule is COc1ncccc1-c1noc(-c2ccnc(OCC(F)F)c2)n1. The quantitative estimate of drug-likeness (QED) is 0.685. The molecular weight excluding hydrogens is 322 g/mol. The van der Waals surface area contributed by atoms with E-state index in [1.807, 2.05) is 0 Å². The molecule has 7 nitrogen and oxygen atoms in total. The van der Waals surface area contributed by atoms with Gasteiger partial charge in [0.1, 0.15) is 0 Å². The van der Waals surface area contributed by atoms with Gasteiger partial charge in [-0.25, -0.2) is 18.7 Å². The van der Waals surface area contributed by atoms with Crippen molar-refractivity contribution in [2.24, 2.45) is 0 Å². The first-order chi connectivity index (χ1) is 11.7. The van der Waals surface area contributed by atoms with Gasteiger partial charge in [-0.15, -0.1) is 0 Å². The van der Waals surface area contributed by atoms with E-state index in [0.29, 0.717) is 22.8 Å². The Bertz CT molecular complexity index is 826. The highest BCUT2D eigenvalue weighted by Gasteiger charge is 2.16. The van der Waals surface area contributed by atoms with Gasteiger partial charge < -0.3 is 14.0 Å². The zero-order valence-electron chi connectivity index (χ0n) is 12.5. The molecule has 0 aliphatic heterocycles. The number of alkyl halides is 2. The summed E-state index contributed by atoms with van der Waals surface area (Å²) in [7, 11) is 1.49. The second-order valence-electron chi connectivity index (χ2n) is 4.57. The van der Waals surface area contributed by atoms with Crippen LogP contribution in [0.4, 0.5) is 8.78 Å². The average Bonchev–Trinajstić information content (AvgIpc) is 3.10. The molecule has 0 aliphatic rings. The van der Waals surface area contributed by atoms with Crippen LogP contribution in [0.5, 0.6) is 11.8 Å². The van der Waals surface area contributed by atoms with Crippen LogP contribution in [0.25, 0.3) is 22.8 Å². The van der Waals surface area contributed by atoms with Crippen molar-refractivity contribution >= 4 is 0 Å². The van der Waals surface area contributed by atoms with Gasteiger partial charge in [-0.3, -0.25) is 0 Å². The minimum atomic E-state index is -2.58. The van der Waals surface area contributed by atoms with Gasteiger partial charge >= 0.3 is 0 Å². The highest BCUT2D eigenvalue weighted by molar-refractivity contribution is 5.63. The van der Waals surface area contributed by atoms with Gasteiger partial charge in [0.05, 0.1) is 12.7 Å². The van der Waals surface area contributed by atoms with E-state index in [0.717, 1.165) is 0 Å². The Morgan fingerprint density at radius 3 is 2.88 bits per heavy atom. The van der Waals surface area contributed by atoms with Crippen molar-refractivity contribution in [3.63, 3.8) is 0 Å². The first-order valence-electron chi connectivity index (χ1n) is 6.88. The normalized spacial score (nSPS) is 10.8. The summed E-state index contributed by atoms with van der Waals surface area (Å²) in [5.41, 5.74) is 1.06. The van der Waals surface area contributed by atoms with Gasteiger partial charge in [0.25, 0.3) is 12.3 Å². The van der Waals surface area contributed by atoms with Crippen LogP contribution < -0.4 is 9.47 Å². The summed E-state index contributed by atoms with van der Waals surface area (Å²) in [4.78, 5) is 12.2. The van der Waals surface area contributed by atoms with Crippen LogP contribution in [0, 0.1) is 0 Å². The molecule has 0 radical (unpaired) electrons. The van der Waals surface area contributed by atoms with E-state index in [4.69, 9.17) is 14.0 Å². The maximum absolute atomic E-state index is 12.2. The lowest BCUT2D eigenvalue weighted by Crippen LogP contribution is -2.07. The summed E-state index contributed by atoms with van der Waals surface area (Å²) >= 11 is 0. The van der Waals surface area contributed by atoms with Crippen LogP contribution in [0.2, 0.25) is 0 Å². The Morgan fingerprint density at radius 1 is 1.21 bits per heavy atom. The molecular formula is C15H12F2N4O3. The molecule has 0 aliphatic carbocycles. The van der Waals surface area contributed by atoms with Crippen molar-refractivity contribution in [3.8, 4) is 34.6 Å². The molecule has 24 heavy (non-hydrogen) atoms. The molecule has 124 valence electrons. The highest BCUT2D eigenvalue weighted by atomic mass is 19.3. The number of methoxy groups -OCH3 is 1. The van der Waals surface area contributed by atoms with Gasteiger partial charge in [-0.05, 0) is 18.2 Å². The van der Waals surface area contributed by atoms with Crippen LogP contribution in [-0.4, -0.2) is 40.3 Å². The lowest BCUT2D eigenvalue weighted by atomic mass is 10.2. The largest absolute Gasteiger partial charge is 0.480 e. The molecule has 0 saturated heterocycles. The number of pyridine rings is 2. The average molecular weight is 334 g/mol. The van der Waals surface area contributed by atoms with Crippen molar-refractivity contribution in [3.05, 3.63) is 36.7 Å². The lowest BCUT2D eigenvalue weighted by molar-refractivity contribution is 0.0796. The molecule has 3 aromatic heterocycles. The van der Waals surface area contributed by atoms with Gasteiger partial charge in [0.15, 0.2) is 6.61 Å². The van der Waals surface area contributed by atoms with E-state index < -0.39 is 13.0 Å². The number of halogens is 2. The van der Waals surface area contributed by atoms with Crippen LogP contribution in [0.1, 0.15) is 0 Å². The Labute approximate surface area is 135 Å². The molecule has 0 saturated carbocycles. The molecule has 9 heteroatoms. The first-order valence-corrected chi connectivity index (χ1v) is 6.88. The fourth-order valence-corrected chi connectivity index (χ4v) is 1.94. The summed E-state index contributed by atoms with van der Waals surface area (Å²) in [5.74, 6) is 0.897. The van der Waals surface area contributed by atoms with Crippen molar-refractivity contribution in [2.45, 2.75) is 6.43 Å². The summed E-state index contributed by atoms with van der Waals surface area (Å²) in [6.45, 7) is -0.738. The van der Waals surface area contributed by atoms with E-state index >= 15 is 0 Å². The molecule has 3 rings (SSSR count). The first kappa shape index (κ1) is 15.8. The predicted octanol–water partition coefficient (Wildman–Crippen LogP) is 2.85. The van der Waals surface area contributed by atoms with Crippen molar-refractivity contribution < 1.29 is 22.8 Å². The molecule has 3 aromatic rings. The summed E-state index contributed by atoms with van der Waals surface area (Å²) < 4.78 is 39.6. The zero-order chi connectivity index (χ0) is 16.9. The number of rotatable bonds is 6. The number of aromatic nitrogens is 4. The smallest absolute Gasteiger partial charge is 0.272 e. The molecule has 0 bridgehead atoms. The van der Waals surface area contributed by atoms with Crippen LogP contribution >= 0.6 is 0 Å². The molecule has 0 fully saturated rings. The van der Waals surface area contributed by atoms with Crippen LogP contribution in [0.15, 0.2) is 41.2 Å². The van der Waals surface area contributed by atoms with Crippen molar-refractivity contribution in [1.82, 2.24) is 20.1 Å². The van der Waals surface area contributed by atoms with Gasteiger partial charge in [-0.1, -0.05) is 5.16 Å². The summed E-state index contributed by atoms with van der Waals surface area (Å²) in [6, 6.07) is 6.51. The number of hydrogen-bond acceptors (Lipinski definition) is 7. The maximum atomic E-state index is 12.2. The van der Waals surface area contributed by atoms with Crippen molar-refractivity contribution in [1.29, 1.82) is 0 Å². The molecule has 0 N–H and O–H groups in total. The molecule has 0 atom stereocenters. The Kier molecular flexibility index (Phi) is 4.59. The molecule has 0 aromatic carbocycles. The third kappa shape index (κ3) is 3.45. The lowest BCUT2D eigenvalue weighted by Gasteiger charge is -2.04. The van der Waals surface area contributed by atoms with E-state index in [-0.39, 0.29) is 11.8 Å². The third-order valence-electron chi connectivity index (χ3n) is 2.97. The molecule has 0 spiro atoms.